The quantitative estimate of drug-likeness (QED) is 0.443. The molecule has 0 atom stereocenters. The van der Waals surface area contributed by atoms with Crippen LogP contribution in [0.5, 0.6) is 0 Å². The van der Waals surface area contributed by atoms with Gasteiger partial charge in [-0.3, -0.25) is 10.1 Å². The standard InChI is InChI=1S/C21H18FN3O3S/c22-17-5-3-16(4-6-17)18-14-29-21(23-18)8-2-15-1-7-19(20(13-15)25(26)27)24-9-11-28-12-10-24/h1-8,13-14H,9-12H2/b8-2+. The third-order valence-electron chi connectivity index (χ3n) is 4.63. The summed E-state index contributed by atoms with van der Waals surface area (Å²) in [4.78, 5) is 17.7. The van der Waals surface area contributed by atoms with Gasteiger partial charge in [-0.25, -0.2) is 9.37 Å². The normalized spacial score (nSPS) is 14.4. The van der Waals surface area contributed by atoms with Gasteiger partial charge in [-0.1, -0.05) is 12.1 Å². The van der Waals surface area contributed by atoms with E-state index in [1.54, 1.807) is 24.3 Å². The van der Waals surface area contributed by atoms with Gasteiger partial charge in [0.25, 0.3) is 5.69 Å². The minimum absolute atomic E-state index is 0.0835. The van der Waals surface area contributed by atoms with Gasteiger partial charge in [0.1, 0.15) is 16.5 Å². The molecule has 0 bridgehead atoms. The van der Waals surface area contributed by atoms with Crippen LogP contribution < -0.4 is 4.90 Å². The van der Waals surface area contributed by atoms with Gasteiger partial charge in [-0.15, -0.1) is 11.3 Å². The molecule has 2 heterocycles. The Morgan fingerprint density at radius 2 is 1.90 bits per heavy atom. The maximum absolute atomic E-state index is 13.1. The average Bonchev–Trinajstić information content (AvgIpc) is 3.22. The lowest BCUT2D eigenvalue weighted by Crippen LogP contribution is -2.36. The van der Waals surface area contributed by atoms with E-state index in [9.17, 15) is 14.5 Å². The molecule has 6 nitrogen and oxygen atoms in total. The summed E-state index contributed by atoms with van der Waals surface area (Å²) in [7, 11) is 0. The van der Waals surface area contributed by atoms with Gasteiger partial charge in [0, 0.05) is 30.1 Å². The number of anilines is 1. The number of hydrogen-bond acceptors (Lipinski definition) is 6. The molecule has 0 amide bonds. The second-order valence-electron chi connectivity index (χ2n) is 6.52. The molecule has 8 heteroatoms. The summed E-state index contributed by atoms with van der Waals surface area (Å²) < 4.78 is 18.4. The van der Waals surface area contributed by atoms with Crippen LogP contribution in [-0.4, -0.2) is 36.2 Å². The van der Waals surface area contributed by atoms with Crippen LogP contribution >= 0.6 is 11.3 Å². The lowest BCUT2D eigenvalue weighted by molar-refractivity contribution is -0.384. The Balaban J connectivity index is 1.54. The highest BCUT2D eigenvalue weighted by molar-refractivity contribution is 7.10. The van der Waals surface area contributed by atoms with Crippen molar-refractivity contribution in [2.45, 2.75) is 0 Å². The number of nitro groups is 1. The number of nitrogens with zero attached hydrogens (tertiary/aromatic N) is 3. The van der Waals surface area contributed by atoms with Crippen molar-refractivity contribution in [2.24, 2.45) is 0 Å². The maximum atomic E-state index is 13.1. The van der Waals surface area contributed by atoms with Crippen LogP contribution in [0.2, 0.25) is 0 Å². The van der Waals surface area contributed by atoms with E-state index in [4.69, 9.17) is 4.74 Å². The number of aromatic nitrogens is 1. The summed E-state index contributed by atoms with van der Waals surface area (Å²) in [6.45, 7) is 2.42. The van der Waals surface area contributed by atoms with Crippen molar-refractivity contribution in [1.29, 1.82) is 0 Å². The largest absolute Gasteiger partial charge is 0.378 e. The Morgan fingerprint density at radius 3 is 2.62 bits per heavy atom. The molecular weight excluding hydrogens is 393 g/mol. The van der Waals surface area contributed by atoms with E-state index in [-0.39, 0.29) is 16.4 Å². The highest BCUT2D eigenvalue weighted by Crippen LogP contribution is 2.31. The first-order valence-corrected chi connectivity index (χ1v) is 9.99. The van der Waals surface area contributed by atoms with E-state index in [0.717, 1.165) is 21.8 Å². The Bertz CT molecular complexity index is 1040. The first-order chi connectivity index (χ1) is 14.1. The van der Waals surface area contributed by atoms with E-state index in [1.165, 1.54) is 23.5 Å². The maximum Gasteiger partial charge on any atom is 0.293 e. The van der Waals surface area contributed by atoms with Gasteiger partial charge < -0.3 is 9.64 Å². The second-order valence-corrected chi connectivity index (χ2v) is 7.41. The number of thiazole rings is 1. The van der Waals surface area contributed by atoms with Crippen LogP contribution in [-0.2, 0) is 4.74 Å². The number of halogens is 1. The first kappa shape index (κ1) is 19.2. The van der Waals surface area contributed by atoms with Crippen molar-refractivity contribution < 1.29 is 14.1 Å². The zero-order chi connectivity index (χ0) is 20.2. The van der Waals surface area contributed by atoms with Crippen molar-refractivity contribution >= 4 is 34.9 Å². The Kier molecular flexibility index (Phi) is 5.64. The topological polar surface area (TPSA) is 68.5 Å². The molecule has 1 aromatic heterocycles. The van der Waals surface area contributed by atoms with Gasteiger partial charge in [0.15, 0.2) is 0 Å². The molecule has 2 aromatic carbocycles. The smallest absolute Gasteiger partial charge is 0.293 e. The number of ether oxygens (including phenoxy) is 1. The highest BCUT2D eigenvalue weighted by atomic mass is 32.1. The van der Waals surface area contributed by atoms with Crippen molar-refractivity contribution in [3.8, 4) is 11.3 Å². The minimum Gasteiger partial charge on any atom is -0.378 e. The fourth-order valence-corrected chi connectivity index (χ4v) is 3.87. The zero-order valence-electron chi connectivity index (χ0n) is 15.5. The molecular formula is C21H18FN3O3S. The summed E-state index contributed by atoms with van der Waals surface area (Å²) in [5, 5.41) is 14.2. The van der Waals surface area contributed by atoms with Crippen LogP contribution in [0, 0.1) is 15.9 Å². The Labute approximate surface area is 171 Å². The van der Waals surface area contributed by atoms with Gasteiger partial charge in [0.2, 0.25) is 0 Å². The number of rotatable bonds is 5. The molecule has 0 N–H and O–H groups in total. The third-order valence-corrected chi connectivity index (χ3v) is 5.44. The summed E-state index contributed by atoms with van der Waals surface area (Å²) in [5.74, 6) is -0.286. The van der Waals surface area contributed by atoms with Crippen LogP contribution in [0.3, 0.4) is 0 Å². The summed E-state index contributed by atoms with van der Waals surface area (Å²) in [6, 6.07) is 11.4. The second kappa shape index (κ2) is 8.50. The average molecular weight is 411 g/mol. The predicted molar refractivity (Wildman–Crippen MR) is 113 cm³/mol. The number of nitro benzene ring substituents is 1. The molecule has 4 rings (SSSR count). The van der Waals surface area contributed by atoms with Crippen LogP contribution in [0.1, 0.15) is 10.6 Å². The van der Waals surface area contributed by atoms with E-state index in [1.807, 2.05) is 28.5 Å². The van der Waals surface area contributed by atoms with Gasteiger partial charge in [-0.05, 0) is 42.0 Å². The van der Waals surface area contributed by atoms with Gasteiger partial charge >= 0.3 is 0 Å². The molecule has 1 aliphatic rings. The number of hydrogen-bond donors (Lipinski definition) is 0. The summed E-state index contributed by atoms with van der Waals surface area (Å²) in [6.07, 6.45) is 3.63. The molecule has 0 saturated carbocycles. The molecule has 29 heavy (non-hydrogen) atoms. The zero-order valence-corrected chi connectivity index (χ0v) is 16.3. The van der Waals surface area contributed by atoms with E-state index >= 15 is 0 Å². The van der Waals surface area contributed by atoms with Crippen molar-refractivity contribution in [1.82, 2.24) is 4.98 Å². The minimum atomic E-state index is -0.349. The van der Waals surface area contributed by atoms with Crippen LogP contribution in [0.4, 0.5) is 15.8 Å². The molecule has 0 unspecified atom stereocenters. The molecule has 0 radical (unpaired) electrons. The van der Waals surface area contributed by atoms with Crippen molar-refractivity contribution in [3.05, 3.63) is 74.3 Å². The van der Waals surface area contributed by atoms with E-state index in [0.29, 0.717) is 32.0 Å². The third kappa shape index (κ3) is 4.49. The molecule has 1 aliphatic heterocycles. The van der Waals surface area contributed by atoms with Gasteiger partial charge in [-0.2, -0.15) is 0 Å². The molecule has 0 aliphatic carbocycles. The summed E-state index contributed by atoms with van der Waals surface area (Å²) in [5.41, 5.74) is 3.03. The number of morpholine rings is 1. The Morgan fingerprint density at radius 1 is 1.14 bits per heavy atom. The predicted octanol–water partition coefficient (Wildman–Crippen LogP) is 4.86. The first-order valence-electron chi connectivity index (χ1n) is 9.11. The highest BCUT2D eigenvalue weighted by Gasteiger charge is 2.21. The molecule has 1 saturated heterocycles. The monoisotopic (exact) mass is 411 g/mol. The van der Waals surface area contributed by atoms with Crippen molar-refractivity contribution in [2.75, 3.05) is 31.2 Å². The molecule has 148 valence electrons. The summed E-state index contributed by atoms with van der Waals surface area (Å²) >= 11 is 1.46. The molecule has 1 fully saturated rings. The van der Waals surface area contributed by atoms with Crippen molar-refractivity contribution in [3.63, 3.8) is 0 Å². The fourth-order valence-electron chi connectivity index (χ4n) is 3.15. The Hall–Kier alpha value is -3.10. The van der Waals surface area contributed by atoms with Crippen LogP contribution in [0.15, 0.2) is 47.8 Å². The lowest BCUT2D eigenvalue weighted by atomic mass is 10.1. The fraction of sp³-hybridized carbons (Fsp3) is 0.190. The van der Waals surface area contributed by atoms with Crippen LogP contribution in [0.25, 0.3) is 23.4 Å². The van der Waals surface area contributed by atoms with Gasteiger partial charge in [0.05, 0.1) is 23.8 Å². The lowest BCUT2D eigenvalue weighted by Gasteiger charge is -2.28. The molecule has 0 spiro atoms. The number of benzene rings is 2. The van der Waals surface area contributed by atoms with E-state index < -0.39 is 0 Å². The molecule has 3 aromatic rings. The van der Waals surface area contributed by atoms with E-state index in [2.05, 4.69) is 4.98 Å². The SMILES string of the molecule is O=[N+]([O-])c1cc(/C=C/c2nc(-c3ccc(F)cc3)cs2)ccc1N1CCOCC1.